The summed E-state index contributed by atoms with van der Waals surface area (Å²) in [5, 5.41) is 24.4. The number of carbonyl (C=O) groups is 1. The minimum Gasteiger partial charge on any atom is -0.486 e. The number of amides is 1. The molecule has 1 aliphatic rings. The summed E-state index contributed by atoms with van der Waals surface area (Å²) >= 11 is 0. The average molecular weight is 373 g/mol. The molecule has 1 aliphatic heterocycles. The molecule has 1 amide bonds. The van der Waals surface area contributed by atoms with Gasteiger partial charge in [0.1, 0.15) is 13.2 Å². The number of hydrogen-bond acceptors (Lipinski definition) is 7. The number of fused-ring (bicyclic) bond motifs is 1. The van der Waals surface area contributed by atoms with Crippen LogP contribution in [0.2, 0.25) is 0 Å². The highest BCUT2D eigenvalue weighted by Crippen LogP contribution is 2.30. The fourth-order valence-corrected chi connectivity index (χ4v) is 2.60. The molecule has 0 radical (unpaired) electrons. The van der Waals surface area contributed by atoms with Crippen LogP contribution in [0.15, 0.2) is 36.4 Å². The van der Waals surface area contributed by atoms with Crippen molar-refractivity contribution in [2.45, 2.75) is 6.42 Å². The molecule has 10 nitrogen and oxygen atoms in total. The first-order valence-electron chi connectivity index (χ1n) is 8.04. The number of hydrogen-bond donors (Lipinski definition) is 1. The molecular formula is C17H15N3O7. The summed E-state index contributed by atoms with van der Waals surface area (Å²) in [6.45, 7) is 1.21. The van der Waals surface area contributed by atoms with Gasteiger partial charge in [-0.3, -0.25) is 25.0 Å². The molecule has 0 unspecified atom stereocenters. The molecule has 0 atom stereocenters. The van der Waals surface area contributed by atoms with Gasteiger partial charge in [-0.2, -0.15) is 0 Å². The third-order valence-electron chi connectivity index (χ3n) is 3.89. The second-order valence-electron chi connectivity index (χ2n) is 5.74. The zero-order valence-electron chi connectivity index (χ0n) is 14.0. The van der Waals surface area contributed by atoms with E-state index in [4.69, 9.17) is 9.47 Å². The van der Waals surface area contributed by atoms with Crippen molar-refractivity contribution in [3.05, 3.63) is 67.8 Å². The van der Waals surface area contributed by atoms with Crippen molar-refractivity contribution >= 4 is 17.3 Å². The Hall–Kier alpha value is -3.69. The van der Waals surface area contributed by atoms with Gasteiger partial charge in [0, 0.05) is 18.7 Å². The molecule has 2 aromatic rings. The van der Waals surface area contributed by atoms with E-state index >= 15 is 0 Å². The van der Waals surface area contributed by atoms with E-state index in [1.165, 1.54) is 0 Å². The molecule has 3 rings (SSSR count). The molecule has 0 aromatic heterocycles. The Morgan fingerprint density at radius 1 is 0.963 bits per heavy atom. The SMILES string of the molecule is O=C(NCCc1ccc2c(c1)OCCO2)c1cc([N+](=O)[O-])cc([N+](=O)[O-])c1. The molecule has 0 aliphatic carbocycles. The number of carbonyl (C=O) groups excluding carboxylic acids is 1. The predicted octanol–water partition coefficient (Wildman–Crippen LogP) is 2.25. The minimum atomic E-state index is -0.779. The van der Waals surface area contributed by atoms with Gasteiger partial charge in [-0.05, 0) is 24.1 Å². The van der Waals surface area contributed by atoms with Crippen molar-refractivity contribution in [1.29, 1.82) is 0 Å². The van der Waals surface area contributed by atoms with E-state index in [1.807, 2.05) is 12.1 Å². The number of benzene rings is 2. The number of nitro groups is 2. The van der Waals surface area contributed by atoms with Crippen LogP contribution in [0, 0.1) is 20.2 Å². The highest BCUT2D eigenvalue weighted by molar-refractivity contribution is 5.95. The molecule has 0 spiro atoms. The highest BCUT2D eigenvalue weighted by atomic mass is 16.6. The monoisotopic (exact) mass is 373 g/mol. The lowest BCUT2D eigenvalue weighted by molar-refractivity contribution is -0.394. The average Bonchev–Trinajstić information content (AvgIpc) is 2.67. The first kappa shape index (κ1) is 18.1. The summed E-state index contributed by atoms with van der Waals surface area (Å²) in [5.74, 6) is 0.677. The van der Waals surface area contributed by atoms with E-state index in [9.17, 15) is 25.0 Å². The lowest BCUT2D eigenvalue weighted by Crippen LogP contribution is -2.26. The van der Waals surface area contributed by atoms with Crippen molar-refractivity contribution in [2.75, 3.05) is 19.8 Å². The zero-order chi connectivity index (χ0) is 19.4. The first-order chi connectivity index (χ1) is 12.9. The van der Waals surface area contributed by atoms with E-state index < -0.39 is 27.1 Å². The molecule has 1 heterocycles. The van der Waals surface area contributed by atoms with Gasteiger partial charge in [0.2, 0.25) is 0 Å². The van der Waals surface area contributed by atoms with Crippen LogP contribution in [0.4, 0.5) is 11.4 Å². The van der Waals surface area contributed by atoms with Gasteiger partial charge in [0.25, 0.3) is 17.3 Å². The Labute approximate surface area is 153 Å². The van der Waals surface area contributed by atoms with Crippen LogP contribution in [0.25, 0.3) is 0 Å². The van der Waals surface area contributed by atoms with Gasteiger partial charge < -0.3 is 14.8 Å². The smallest absolute Gasteiger partial charge is 0.277 e. The number of nitro benzene ring substituents is 2. The number of ether oxygens (including phenoxy) is 2. The topological polar surface area (TPSA) is 134 Å². The van der Waals surface area contributed by atoms with Crippen LogP contribution in [-0.4, -0.2) is 35.5 Å². The van der Waals surface area contributed by atoms with Crippen LogP contribution < -0.4 is 14.8 Å². The Morgan fingerprint density at radius 2 is 1.59 bits per heavy atom. The summed E-state index contributed by atoms with van der Waals surface area (Å²) in [5.41, 5.74) is -0.259. The molecule has 0 fully saturated rings. The summed E-state index contributed by atoms with van der Waals surface area (Å²) in [7, 11) is 0. The molecule has 1 N–H and O–H groups in total. The second-order valence-corrected chi connectivity index (χ2v) is 5.74. The van der Waals surface area contributed by atoms with Gasteiger partial charge in [-0.1, -0.05) is 6.07 Å². The van der Waals surface area contributed by atoms with E-state index in [2.05, 4.69) is 5.32 Å². The number of non-ortho nitro benzene ring substituents is 2. The number of nitrogens with zero attached hydrogens (tertiary/aromatic N) is 2. The van der Waals surface area contributed by atoms with Crippen LogP contribution in [-0.2, 0) is 6.42 Å². The maximum atomic E-state index is 12.2. The van der Waals surface area contributed by atoms with Crippen molar-refractivity contribution in [2.24, 2.45) is 0 Å². The summed E-state index contributed by atoms with van der Waals surface area (Å²) in [6, 6.07) is 8.27. The Kier molecular flexibility index (Phi) is 5.15. The zero-order valence-corrected chi connectivity index (χ0v) is 14.0. The molecule has 10 heteroatoms. The predicted molar refractivity (Wildman–Crippen MR) is 93.2 cm³/mol. The van der Waals surface area contributed by atoms with E-state index in [0.717, 1.165) is 23.8 Å². The van der Waals surface area contributed by atoms with E-state index in [1.54, 1.807) is 6.07 Å². The number of rotatable bonds is 6. The van der Waals surface area contributed by atoms with E-state index in [-0.39, 0.29) is 12.1 Å². The Bertz CT molecular complexity index is 881. The summed E-state index contributed by atoms with van der Waals surface area (Å²) < 4.78 is 10.9. The molecular weight excluding hydrogens is 358 g/mol. The molecule has 0 saturated heterocycles. The number of nitrogens with one attached hydrogen (secondary N) is 1. The maximum absolute atomic E-state index is 12.2. The lowest BCUT2D eigenvalue weighted by atomic mass is 10.1. The second kappa shape index (κ2) is 7.68. The van der Waals surface area contributed by atoms with Crippen LogP contribution in [0.5, 0.6) is 11.5 Å². The van der Waals surface area contributed by atoms with Crippen molar-refractivity contribution in [3.63, 3.8) is 0 Å². The normalized spacial score (nSPS) is 12.3. The standard InChI is InChI=1S/C17H15N3O7/c21-17(12-8-13(19(22)23)10-14(9-12)20(24)25)18-4-3-11-1-2-15-16(7-11)27-6-5-26-15/h1-2,7-10H,3-6H2,(H,18,21). The largest absolute Gasteiger partial charge is 0.486 e. The lowest BCUT2D eigenvalue weighted by Gasteiger charge is -2.18. The Balaban J connectivity index is 1.65. The van der Waals surface area contributed by atoms with Crippen LogP contribution in [0.1, 0.15) is 15.9 Å². The van der Waals surface area contributed by atoms with E-state index in [0.29, 0.717) is 31.1 Å². The quantitative estimate of drug-likeness (QED) is 0.606. The molecule has 0 saturated carbocycles. The first-order valence-corrected chi connectivity index (χ1v) is 8.04. The van der Waals surface area contributed by atoms with Gasteiger partial charge in [-0.25, -0.2) is 0 Å². The summed E-state index contributed by atoms with van der Waals surface area (Å²) in [4.78, 5) is 32.5. The van der Waals surface area contributed by atoms with Crippen LogP contribution in [0.3, 0.4) is 0 Å². The third kappa shape index (κ3) is 4.29. The molecule has 0 bridgehead atoms. The van der Waals surface area contributed by atoms with Gasteiger partial charge >= 0.3 is 0 Å². The fourth-order valence-electron chi connectivity index (χ4n) is 2.60. The molecule has 2 aromatic carbocycles. The fraction of sp³-hybridized carbons (Fsp3) is 0.235. The molecule has 27 heavy (non-hydrogen) atoms. The molecule has 140 valence electrons. The van der Waals surface area contributed by atoms with Crippen LogP contribution >= 0.6 is 0 Å². The van der Waals surface area contributed by atoms with Crippen molar-refractivity contribution < 1.29 is 24.1 Å². The maximum Gasteiger partial charge on any atom is 0.277 e. The van der Waals surface area contributed by atoms with Crippen molar-refractivity contribution in [1.82, 2.24) is 5.32 Å². The summed E-state index contributed by atoms with van der Waals surface area (Å²) in [6.07, 6.45) is 0.486. The van der Waals surface area contributed by atoms with Gasteiger partial charge in [0.05, 0.1) is 21.5 Å². The van der Waals surface area contributed by atoms with Crippen molar-refractivity contribution in [3.8, 4) is 11.5 Å². The van der Waals surface area contributed by atoms with Gasteiger partial charge in [-0.15, -0.1) is 0 Å². The third-order valence-corrected chi connectivity index (χ3v) is 3.89. The van der Waals surface area contributed by atoms with Gasteiger partial charge in [0.15, 0.2) is 11.5 Å². The minimum absolute atomic E-state index is 0.141. The highest BCUT2D eigenvalue weighted by Gasteiger charge is 2.19. The Morgan fingerprint density at radius 3 is 2.22 bits per heavy atom.